The summed E-state index contributed by atoms with van der Waals surface area (Å²) in [4.78, 5) is 25.2. The second-order valence-corrected chi connectivity index (χ2v) is 8.32. The molecule has 0 aliphatic rings. The highest BCUT2D eigenvalue weighted by Crippen LogP contribution is 2.32. The molecule has 0 spiro atoms. The molecule has 3 rings (SSSR count). The van der Waals surface area contributed by atoms with Crippen LogP contribution in [-0.2, 0) is 17.7 Å². The van der Waals surface area contributed by atoms with Crippen LogP contribution in [0.5, 0.6) is 5.75 Å². The quantitative estimate of drug-likeness (QED) is 0.254. The minimum atomic E-state index is -0.639. The molecule has 0 fully saturated rings. The Hall–Kier alpha value is -2.59. The number of unbranched alkanes of at least 4 members (excludes halogenated alkanes) is 1. The summed E-state index contributed by atoms with van der Waals surface area (Å²) < 4.78 is 5.35. The van der Waals surface area contributed by atoms with Crippen molar-refractivity contribution in [1.82, 2.24) is 10.3 Å². The zero-order chi connectivity index (χ0) is 23.3. The van der Waals surface area contributed by atoms with Crippen molar-refractivity contribution in [2.75, 3.05) is 26.8 Å². The number of thiazole rings is 1. The summed E-state index contributed by atoms with van der Waals surface area (Å²) in [7, 11) is 1.73. The summed E-state index contributed by atoms with van der Waals surface area (Å²) in [6.45, 7) is 4.61. The molecule has 174 valence electrons. The lowest BCUT2D eigenvalue weighted by molar-refractivity contribution is 0.194. The highest BCUT2D eigenvalue weighted by molar-refractivity contribution is 7.16. The Bertz CT molecular complexity index is 1030. The second kappa shape index (κ2) is 13.7. The number of nitrogens with one attached hydrogen (secondary N) is 2. The molecule has 3 aromatic rings. The normalized spacial score (nSPS) is 11.7. The number of fused-ring (bicyclic) bond motifs is 1. The highest BCUT2D eigenvalue weighted by atomic mass is 32.1. The predicted octanol–water partition coefficient (Wildman–Crippen LogP) is 3.83. The van der Waals surface area contributed by atoms with Crippen LogP contribution in [0.4, 0.5) is 0 Å². The number of nitrogens with zero attached hydrogens (tertiary/aromatic N) is 1. The van der Waals surface area contributed by atoms with Gasteiger partial charge in [-0.1, -0.05) is 60.2 Å². The number of methoxy groups -OCH3 is 1. The Labute approximate surface area is 191 Å². The molecule has 8 nitrogen and oxygen atoms in total. The van der Waals surface area contributed by atoms with Gasteiger partial charge in [0.1, 0.15) is 17.3 Å². The molecule has 0 bridgehead atoms. The molecule has 5 N–H and O–H groups in total. The molecule has 32 heavy (non-hydrogen) atoms. The summed E-state index contributed by atoms with van der Waals surface area (Å²) in [5.41, 5.74) is 8.89. The zero-order valence-corrected chi connectivity index (χ0v) is 19.4. The number of benzene rings is 2. The number of nitrogens with two attached hydrogens (primary N) is 1. The molecule has 1 unspecified atom stereocenters. The molecule has 0 aliphatic heterocycles. The minimum absolute atomic E-state index is 0.0144. The third-order valence-corrected chi connectivity index (χ3v) is 5.86. The van der Waals surface area contributed by atoms with Gasteiger partial charge in [-0.15, -0.1) is 0 Å². The molecule has 2 aromatic carbocycles. The molecule has 1 heterocycles. The highest BCUT2D eigenvalue weighted by Gasteiger charge is 2.18. The summed E-state index contributed by atoms with van der Waals surface area (Å²) in [5, 5.41) is 16.3. The lowest BCUT2D eigenvalue weighted by atomic mass is 10.1. The molecule has 0 radical (unpaired) electrons. The van der Waals surface area contributed by atoms with E-state index >= 15 is 0 Å². The summed E-state index contributed by atoms with van der Waals surface area (Å²) in [6.07, 6.45) is 3.23. The number of phenolic OH excluding ortho intramolecular Hbond substituents is 1. The minimum Gasteiger partial charge on any atom is -0.506 e. The fourth-order valence-electron chi connectivity index (χ4n) is 3.18. The van der Waals surface area contributed by atoms with Crippen molar-refractivity contribution >= 4 is 21.6 Å². The first-order chi connectivity index (χ1) is 15.5. The summed E-state index contributed by atoms with van der Waals surface area (Å²) in [5.74, 6) is -0.0144. The van der Waals surface area contributed by atoms with E-state index in [0.29, 0.717) is 35.4 Å². The van der Waals surface area contributed by atoms with Crippen LogP contribution in [0.2, 0.25) is 0 Å². The number of ether oxygens (including phenoxy) is 1. The number of aromatic hydroxyl groups is 1. The molecular formula is C23H32N4O4S. The lowest BCUT2D eigenvalue weighted by Gasteiger charge is -2.12. The van der Waals surface area contributed by atoms with E-state index in [9.17, 15) is 14.8 Å². The van der Waals surface area contributed by atoms with Crippen molar-refractivity contribution in [3.63, 3.8) is 0 Å². The van der Waals surface area contributed by atoms with Crippen LogP contribution in [0.1, 0.15) is 42.5 Å². The molecule has 1 atom stereocenters. The first kappa shape index (κ1) is 25.7. The maximum Gasteiger partial charge on any atom is 0.305 e. The average Bonchev–Trinajstić information content (AvgIpc) is 3.21. The van der Waals surface area contributed by atoms with E-state index in [1.807, 2.05) is 18.2 Å². The van der Waals surface area contributed by atoms with E-state index < -0.39 is 6.04 Å². The van der Waals surface area contributed by atoms with Crippen molar-refractivity contribution in [2.24, 2.45) is 10.9 Å². The number of hydrogen-bond acceptors (Lipinski definition) is 8. The molecule has 0 aliphatic carbocycles. The van der Waals surface area contributed by atoms with Crippen LogP contribution in [-0.4, -0.2) is 36.9 Å². The van der Waals surface area contributed by atoms with E-state index in [1.54, 1.807) is 13.2 Å². The van der Waals surface area contributed by atoms with Crippen LogP contribution in [0, 0.1) is 4.91 Å². The lowest BCUT2D eigenvalue weighted by Crippen LogP contribution is -2.23. The van der Waals surface area contributed by atoms with Crippen molar-refractivity contribution in [3.05, 3.63) is 67.7 Å². The fourth-order valence-corrected chi connectivity index (χ4v) is 4.10. The Morgan fingerprint density at radius 2 is 2.06 bits per heavy atom. The van der Waals surface area contributed by atoms with Crippen LogP contribution in [0.25, 0.3) is 10.2 Å². The number of aromatic amines is 1. The van der Waals surface area contributed by atoms with Gasteiger partial charge in [0.2, 0.25) is 0 Å². The third-order valence-electron chi connectivity index (χ3n) is 4.93. The van der Waals surface area contributed by atoms with Crippen LogP contribution in [0.15, 0.2) is 46.4 Å². The standard InChI is InChI=1S/C18H20N4O3S.C5H12O/c19-9-12-3-1-2-11(8-12)6-7-20-10-14(22-25)13-4-5-15(23)16-17(13)26-18(24)21-16;1-3-4-5-6-2/h1-5,8,14,20,23H,6-7,9-10,19H2,(H,21,24);3-5H2,1-2H3. The number of hydrogen-bond donors (Lipinski definition) is 4. The number of rotatable bonds is 11. The number of nitroso groups, excluding NO2 is 1. The Morgan fingerprint density at radius 3 is 2.72 bits per heavy atom. The fraction of sp³-hybridized carbons (Fsp3) is 0.435. The molecule has 0 saturated carbocycles. The largest absolute Gasteiger partial charge is 0.506 e. The van der Waals surface area contributed by atoms with Crippen LogP contribution >= 0.6 is 11.3 Å². The van der Waals surface area contributed by atoms with Gasteiger partial charge in [0.25, 0.3) is 0 Å². The zero-order valence-electron chi connectivity index (χ0n) is 18.6. The number of H-pyrrole nitrogens is 1. The molecule has 9 heteroatoms. The van der Waals surface area contributed by atoms with E-state index in [1.165, 1.54) is 24.5 Å². The topological polar surface area (TPSA) is 130 Å². The molecule has 0 saturated heterocycles. The van der Waals surface area contributed by atoms with Gasteiger partial charge in [-0.2, -0.15) is 4.91 Å². The first-order valence-electron chi connectivity index (χ1n) is 10.7. The van der Waals surface area contributed by atoms with Gasteiger partial charge < -0.3 is 25.9 Å². The van der Waals surface area contributed by atoms with Crippen molar-refractivity contribution in [2.45, 2.75) is 38.8 Å². The predicted molar refractivity (Wildman–Crippen MR) is 130 cm³/mol. The second-order valence-electron chi connectivity index (χ2n) is 7.34. The van der Waals surface area contributed by atoms with E-state index in [2.05, 4.69) is 28.5 Å². The van der Waals surface area contributed by atoms with Crippen molar-refractivity contribution < 1.29 is 9.84 Å². The SMILES string of the molecule is CCCCOC.NCc1cccc(CCNCC(N=O)c2ccc(O)c3[nH]c(=O)sc23)c1. The van der Waals surface area contributed by atoms with Crippen LogP contribution in [0.3, 0.4) is 0 Å². The molecular weight excluding hydrogens is 428 g/mol. The number of aromatic nitrogens is 1. The maximum atomic E-state index is 11.6. The Morgan fingerprint density at radius 1 is 1.28 bits per heavy atom. The Balaban J connectivity index is 0.000000534. The molecule has 0 amide bonds. The monoisotopic (exact) mass is 460 g/mol. The molecule has 1 aromatic heterocycles. The van der Waals surface area contributed by atoms with Gasteiger partial charge in [0, 0.05) is 32.4 Å². The first-order valence-corrected chi connectivity index (χ1v) is 11.5. The smallest absolute Gasteiger partial charge is 0.305 e. The van der Waals surface area contributed by atoms with Crippen molar-refractivity contribution in [3.8, 4) is 5.75 Å². The Kier molecular flexibility index (Phi) is 11.0. The van der Waals surface area contributed by atoms with E-state index in [0.717, 1.165) is 29.9 Å². The number of phenols is 1. The van der Waals surface area contributed by atoms with E-state index in [4.69, 9.17) is 10.5 Å². The van der Waals surface area contributed by atoms with Crippen LogP contribution < -0.4 is 15.9 Å². The van der Waals surface area contributed by atoms with Gasteiger partial charge in [-0.25, -0.2) is 0 Å². The summed E-state index contributed by atoms with van der Waals surface area (Å²) in [6, 6.07) is 10.5. The maximum absolute atomic E-state index is 11.6. The summed E-state index contributed by atoms with van der Waals surface area (Å²) >= 11 is 0.967. The van der Waals surface area contributed by atoms with Gasteiger partial charge in [-0.05, 0) is 36.6 Å². The van der Waals surface area contributed by atoms with Gasteiger partial charge >= 0.3 is 4.87 Å². The third kappa shape index (κ3) is 7.52. The van der Waals surface area contributed by atoms with Gasteiger partial charge in [0.05, 0.1) is 4.70 Å². The average molecular weight is 461 g/mol. The van der Waals surface area contributed by atoms with E-state index in [-0.39, 0.29) is 10.6 Å². The van der Waals surface area contributed by atoms with Gasteiger partial charge in [-0.3, -0.25) is 4.79 Å². The van der Waals surface area contributed by atoms with Gasteiger partial charge in [0.15, 0.2) is 0 Å². The van der Waals surface area contributed by atoms with Crippen molar-refractivity contribution in [1.29, 1.82) is 0 Å².